The molecule has 0 amide bonds. The monoisotopic (exact) mass is 797 g/mol. The van der Waals surface area contributed by atoms with Gasteiger partial charge in [0.15, 0.2) is 0 Å². The first-order valence-electron chi connectivity index (χ1n) is 15.6. The van der Waals surface area contributed by atoms with Crippen LogP contribution in [0.3, 0.4) is 0 Å². The van der Waals surface area contributed by atoms with Crippen molar-refractivity contribution in [1.29, 1.82) is 0 Å². The second kappa shape index (κ2) is 15.0. The minimum Gasteiger partial charge on any atom is -0.456 e. The maximum atomic E-state index is 6.35. The van der Waals surface area contributed by atoms with E-state index in [1.807, 2.05) is 66.9 Å². The van der Waals surface area contributed by atoms with Gasteiger partial charge in [-0.15, -0.1) is 71.3 Å². The number of rotatable bonds is 5. The molecule has 0 fully saturated rings. The molecule has 0 unspecified atom stereocenters. The molecule has 0 bridgehead atoms. The Bertz CT molecular complexity index is 2220. The van der Waals surface area contributed by atoms with Crippen molar-refractivity contribution in [2.24, 2.45) is 0 Å². The van der Waals surface area contributed by atoms with Crippen LogP contribution in [0.1, 0.15) is 11.1 Å². The number of hydrogen-bond donors (Lipinski definition) is 0. The Morgan fingerprint density at radius 2 is 1.25 bits per heavy atom. The molecule has 0 aliphatic rings. The molecule has 8 rings (SSSR count). The first-order valence-corrected chi connectivity index (χ1v) is 15.6. The van der Waals surface area contributed by atoms with Crippen molar-refractivity contribution in [2.45, 2.75) is 13.8 Å². The molecule has 0 aliphatic carbocycles. The third kappa shape index (κ3) is 7.42. The van der Waals surface area contributed by atoms with Gasteiger partial charge in [-0.1, -0.05) is 77.9 Å². The van der Waals surface area contributed by atoms with Crippen molar-refractivity contribution in [3.05, 3.63) is 181 Å². The molecule has 3 heterocycles. The first-order chi connectivity index (χ1) is 23.1. The fourth-order valence-corrected chi connectivity index (χ4v) is 5.66. The second-order valence-electron chi connectivity index (χ2n) is 11.5. The average molecular weight is 797 g/mol. The molecule has 0 atom stereocenters. The number of hydrogen-bond acceptors (Lipinski definition) is 3. The molecular weight excluding hydrogens is 765 g/mol. The molecule has 8 aromatic rings. The zero-order valence-electron chi connectivity index (χ0n) is 26.6. The number of benzene rings is 5. The summed E-state index contributed by atoms with van der Waals surface area (Å²) in [6.07, 6.45) is 3.64. The Kier molecular flexibility index (Phi) is 10.2. The van der Waals surface area contributed by atoms with Crippen LogP contribution in [0.15, 0.2) is 162 Å². The second-order valence-corrected chi connectivity index (χ2v) is 11.5. The van der Waals surface area contributed by atoms with Gasteiger partial charge in [-0.25, -0.2) is 0 Å². The van der Waals surface area contributed by atoms with E-state index in [1.165, 1.54) is 11.1 Å². The van der Waals surface area contributed by atoms with Gasteiger partial charge in [0, 0.05) is 43.4 Å². The SMILES string of the molecule is Cc1cccc(-c2cc3cc(-c4cc[c-]c(-c5cc(C)ccn5)c4)c(-c4ccccc4)cc3o2)c1.[Ir].[c-]1ccccc1-c1ccccn1. The molecule has 0 spiro atoms. The van der Waals surface area contributed by atoms with Crippen LogP contribution in [-0.2, 0) is 20.1 Å². The van der Waals surface area contributed by atoms with E-state index >= 15 is 0 Å². The first kappa shape index (κ1) is 32.5. The summed E-state index contributed by atoms with van der Waals surface area (Å²) >= 11 is 0. The van der Waals surface area contributed by atoms with Gasteiger partial charge in [0.1, 0.15) is 11.3 Å². The van der Waals surface area contributed by atoms with Gasteiger partial charge < -0.3 is 14.4 Å². The van der Waals surface area contributed by atoms with Crippen LogP contribution in [0.2, 0.25) is 0 Å². The smallest absolute Gasteiger partial charge is 0.135 e. The number of aromatic nitrogens is 2. The minimum atomic E-state index is 0. The molecule has 5 aromatic carbocycles. The van der Waals surface area contributed by atoms with E-state index in [4.69, 9.17) is 4.42 Å². The Morgan fingerprint density at radius 1 is 0.500 bits per heavy atom. The van der Waals surface area contributed by atoms with Gasteiger partial charge in [-0.2, -0.15) is 0 Å². The quantitative estimate of drug-likeness (QED) is 0.163. The molecule has 4 heteroatoms. The summed E-state index contributed by atoms with van der Waals surface area (Å²) in [6.45, 7) is 4.19. The van der Waals surface area contributed by atoms with E-state index < -0.39 is 0 Å². The van der Waals surface area contributed by atoms with Gasteiger partial charge in [0.25, 0.3) is 0 Å². The van der Waals surface area contributed by atoms with Crippen molar-refractivity contribution in [3.8, 4) is 56.1 Å². The van der Waals surface area contributed by atoms with Crippen molar-refractivity contribution in [3.63, 3.8) is 0 Å². The molecule has 3 nitrogen and oxygen atoms in total. The Hall–Kier alpha value is -5.41. The van der Waals surface area contributed by atoms with Crippen molar-refractivity contribution >= 4 is 11.0 Å². The Morgan fingerprint density at radius 3 is 2.02 bits per heavy atom. The third-order valence-electron chi connectivity index (χ3n) is 8.00. The van der Waals surface area contributed by atoms with Gasteiger partial charge in [0.05, 0.1) is 0 Å². The molecule has 3 aromatic heterocycles. The van der Waals surface area contributed by atoms with Crippen LogP contribution in [0.4, 0.5) is 0 Å². The number of fused-ring (bicyclic) bond motifs is 1. The Labute approximate surface area is 295 Å². The van der Waals surface area contributed by atoms with Gasteiger partial charge in [-0.3, -0.25) is 0 Å². The Balaban J connectivity index is 0.000000260. The maximum Gasteiger partial charge on any atom is 0.135 e. The number of aryl methyl sites for hydroxylation is 2. The number of nitrogens with zero attached hydrogens (tertiary/aromatic N) is 2. The third-order valence-corrected chi connectivity index (χ3v) is 8.00. The fourth-order valence-electron chi connectivity index (χ4n) is 5.66. The van der Waals surface area contributed by atoms with Crippen molar-refractivity contribution in [2.75, 3.05) is 0 Å². The molecule has 0 saturated heterocycles. The van der Waals surface area contributed by atoms with Gasteiger partial charge in [0.2, 0.25) is 0 Å². The van der Waals surface area contributed by atoms with Crippen LogP contribution < -0.4 is 0 Å². The molecule has 0 N–H and O–H groups in total. The zero-order valence-corrected chi connectivity index (χ0v) is 29.0. The van der Waals surface area contributed by atoms with Crippen molar-refractivity contribution in [1.82, 2.24) is 9.97 Å². The molecule has 0 saturated carbocycles. The largest absolute Gasteiger partial charge is 0.456 e. The molecular formula is C44H32IrN2O-2. The zero-order chi connectivity index (χ0) is 32.0. The molecule has 48 heavy (non-hydrogen) atoms. The van der Waals surface area contributed by atoms with Gasteiger partial charge >= 0.3 is 0 Å². The topological polar surface area (TPSA) is 38.9 Å². The summed E-state index contributed by atoms with van der Waals surface area (Å²) in [4.78, 5) is 8.79. The molecule has 0 aliphatic heterocycles. The van der Waals surface area contributed by atoms with E-state index in [1.54, 1.807) is 6.20 Å². The van der Waals surface area contributed by atoms with E-state index in [9.17, 15) is 0 Å². The van der Waals surface area contributed by atoms with E-state index in [0.29, 0.717) is 0 Å². The molecule has 1 radical (unpaired) electrons. The number of furan rings is 1. The predicted molar refractivity (Wildman–Crippen MR) is 193 cm³/mol. The van der Waals surface area contributed by atoms with Crippen LogP contribution in [0, 0.1) is 26.0 Å². The van der Waals surface area contributed by atoms with Crippen LogP contribution in [0.25, 0.3) is 67.1 Å². The fraction of sp³-hybridized carbons (Fsp3) is 0.0455. The van der Waals surface area contributed by atoms with E-state index in [-0.39, 0.29) is 20.1 Å². The van der Waals surface area contributed by atoms with Gasteiger partial charge in [-0.05, 0) is 78.3 Å². The van der Waals surface area contributed by atoms with Crippen molar-refractivity contribution < 1.29 is 24.5 Å². The van der Waals surface area contributed by atoms with Crippen LogP contribution in [0.5, 0.6) is 0 Å². The van der Waals surface area contributed by atoms with Crippen LogP contribution >= 0.6 is 0 Å². The minimum absolute atomic E-state index is 0. The van der Waals surface area contributed by atoms with E-state index in [2.05, 4.69) is 121 Å². The summed E-state index contributed by atoms with van der Waals surface area (Å²) in [5.41, 5.74) is 12.9. The normalized spacial score (nSPS) is 10.5. The van der Waals surface area contributed by atoms with E-state index in [0.717, 1.165) is 67.1 Å². The summed E-state index contributed by atoms with van der Waals surface area (Å²) in [7, 11) is 0. The molecule has 235 valence electrons. The summed E-state index contributed by atoms with van der Waals surface area (Å²) < 4.78 is 6.35. The standard InChI is InChI=1S/C33H24NO.C11H8N.Ir/c1-22-8-6-13-27(16-22)32-20-28-19-29(30(21-33(28)35-32)24-9-4-3-5-10-24)25-11-7-12-26(18-25)31-17-23(2)14-15-34-31;1-2-6-10(7-3-1)11-8-4-5-9-12-11;/h3-11,13-21H,1-2H3;1-6,8-9H;/q2*-1;. The summed E-state index contributed by atoms with van der Waals surface area (Å²) in [5, 5.41) is 1.08. The number of pyridine rings is 2. The maximum absolute atomic E-state index is 6.35. The van der Waals surface area contributed by atoms with Crippen LogP contribution in [-0.4, -0.2) is 9.97 Å². The predicted octanol–water partition coefficient (Wildman–Crippen LogP) is 11.5. The average Bonchev–Trinajstić information content (AvgIpc) is 3.56. The summed E-state index contributed by atoms with van der Waals surface area (Å²) in [6, 6.07) is 56.0. The summed E-state index contributed by atoms with van der Waals surface area (Å²) in [5.74, 6) is 0.880.